The fourth-order valence-corrected chi connectivity index (χ4v) is 5.94. The molecule has 0 unspecified atom stereocenters. The van der Waals surface area contributed by atoms with Crippen molar-refractivity contribution in [2.45, 2.75) is 84.0 Å². The summed E-state index contributed by atoms with van der Waals surface area (Å²) < 4.78 is 67.3. The molecular formula is C24H31F2N3O6S. The van der Waals surface area contributed by atoms with Crippen molar-refractivity contribution in [3.8, 4) is 5.75 Å². The Kier molecular flexibility index (Phi) is 7.77. The van der Waals surface area contributed by atoms with Gasteiger partial charge in [0.2, 0.25) is 0 Å². The van der Waals surface area contributed by atoms with Crippen molar-refractivity contribution in [2.24, 2.45) is 0 Å². The summed E-state index contributed by atoms with van der Waals surface area (Å²) >= 11 is 0. The molecule has 0 N–H and O–H groups in total. The number of aromatic nitrogens is 2. The van der Waals surface area contributed by atoms with E-state index in [0.717, 1.165) is 4.31 Å². The molecule has 1 aliphatic rings. The molecule has 3 rings (SSSR count). The number of hydrogen-bond donors (Lipinski definition) is 0. The first kappa shape index (κ1) is 27.6. The molecule has 2 aromatic rings. The Labute approximate surface area is 209 Å². The summed E-state index contributed by atoms with van der Waals surface area (Å²) in [5.74, 6) is -0.322. The van der Waals surface area contributed by atoms with Gasteiger partial charge in [0.1, 0.15) is 28.1 Å². The van der Waals surface area contributed by atoms with Crippen molar-refractivity contribution in [3.05, 3.63) is 35.2 Å². The highest BCUT2D eigenvalue weighted by molar-refractivity contribution is 7.93. The summed E-state index contributed by atoms with van der Waals surface area (Å²) in [6.07, 6.45) is -0.285. The summed E-state index contributed by atoms with van der Waals surface area (Å²) in [5.41, 5.74) is -0.288. The average Bonchev–Trinajstić information content (AvgIpc) is 3.05. The highest BCUT2D eigenvalue weighted by atomic mass is 32.2. The lowest BCUT2D eigenvalue weighted by atomic mass is 10.1. The Morgan fingerprint density at radius 2 is 1.92 bits per heavy atom. The van der Waals surface area contributed by atoms with E-state index in [2.05, 4.69) is 5.10 Å². The number of ketones is 1. The van der Waals surface area contributed by atoms with E-state index in [1.54, 1.807) is 32.9 Å². The van der Waals surface area contributed by atoms with Gasteiger partial charge in [-0.2, -0.15) is 13.9 Å². The van der Waals surface area contributed by atoms with Gasteiger partial charge in [-0.1, -0.05) is 6.07 Å². The van der Waals surface area contributed by atoms with Crippen LogP contribution in [0.2, 0.25) is 0 Å². The molecule has 2 heterocycles. The monoisotopic (exact) mass is 527 g/mol. The Balaban J connectivity index is 2.06. The number of anilines is 1. The fraction of sp³-hybridized carbons (Fsp3) is 0.542. The lowest BCUT2D eigenvalue weighted by Gasteiger charge is -2.36. The van der Waals surface area contributed by atoms with E-state index < -0.39 is 34.2 Å². The molecule has 0 bridgehead atoms. The molecule has 1 aromatic carbocycles. The maximum atomic E-state index is 13.8. The second-order valence-corrected chi connectivity index (χ2v) is 11.6. The number of ether oxygens (including phenoxy) is 2. The molecule has 0 radical (unpaired) electrons. The van der Waals surface area contributed by atoms with Crippen molar-refractivity contribution < 1.29 is 36.3 Å². The van der Waals surface area contributed by atoms with Crippen molar-refractivity contribution in [1.29, 1.82) is 0 Å². The van der Waals surface area contributed by atoms with Crippen LogP contribution in [-0.2, 0) is 30.8 Å². The number of alkyl halides is 2. The fourth-order valence-electron chi connectivity index (χ4n) is 4.08. The number of benzene rings is 1. The number of Topliss-reactive ketones (excluding diaryl/α,β-unsaturated/α-hetero) is 1. The quantitative estimate of drug-likeness (QED) is 0.476. The van der Waals surface area contributed by atoms with Crippen molar-refractivity contribution in [1.82, 2.24) is 9.78 Å². The number of carbonyl (C=O) groups excluding carboxylic acids is 2. The van der Waals surface area contributed by atoms with Gasteiger partial charge in [0.25, 0.3) is 10.0 Å². The van der Waals surface area contributed by atoms with Gasteiger partial charge >= 0.3 is 12.5 Å². The zero-order valence-electron chi connectivity index (χ0n) is 21.2. The molecule has 0 amide bonds. The second-order valence-electron chi connectivity index (χ2n) is 9.80. The van der Waals surface area contributed by atoms with Crippen LogP contribution < -0.4 is 9.04 Å². The Morgan fingerprint density at radius 1 is 1.25 bits per heavy atom. The van der Waals surface area contributed by atoms with Crippen LogP contribution in [0.15, 0.2) is 23.1 Å². The standard InChI is InChI=1S/C24H31F2N3O6S/c1-14(30)7-9-18-13-28(36(32,33)22-15(2)27-29(16(22)3)23(25)26)19-11-17(8-10-20(19)34-18)12-21(31)35-24(4,5)6/h8,10-11,18,23H,7,9,12-13H2,1-6H3/t18-/m0/s1. The van der Waals surface area contributed by atoms with E-state index in [4.69, 9.17) is 9.47 Å². The molecule has 0 fully saturated rings. The topological polar surface area (TPSA) is 108 Å². The zero-order valence-corrected chi connectivity index (χ0v) is 22.0. The first-order chi connectivity index (χ1) is 16.6. The largest absolute Gasteiger partial charge is 0.486 e. The summed E-state index contributed by atoms with van der Waals surface area (Å²) in [5, 5.41) is 3.72. The molecule has 9 nitrogen and oxygen atoms in total. The summed E-state index contributed by atoms with van der Waals surface area (Å²) in [4.78, 5) is 23.6. The van der Waals surface area contributed by atoms with Crippen molar-refractivity contribution in [3.63, 3.8) is 0 Å². The van der Waals surface area contributed by atoms with E-state index in [9.17, 15) is 26.8 Å². The van der Waals surface area contributed by atoms with Crippen LogP contribution in [0, 0.1) is 13.8 Å². The van der Waals surface area contributed by atoms with Gasteiger partial charge in [-0.25, -0.2) is 13.1 Å². The maximum absolute atomic E-state index is 13.8. The number of sulfonamides is 1. The molecule has 36 heavy (non-hydrogen) atoms. The van der Waals surface area contributed by atoms with Gasteiger partial charge in [-0.3, -0.25) is 9.10 Å². The number of nitrogens with zero attached hydrogens (tertiary/aromatic N) is 3. The number of rotatable bonds is 8. The van der Waals surface area contributed by atoms with Crippen LogP contribution >= 0.6 is 0 Å². The predicted octanol–water partition coefficient (Wildman–Crippen LogP) is 4.10. The van der Waals surface area contributed by atoms with Crippen molar-refractivity contribution >= 4 is 27.5 Å². The van der Waals surface area contributed by atoms with E-state index in [1.165, 1.54) is 26.8 Å². The predicted molar refractivity (Wildman–Crippen MR) is 128 cm³/mol. The Morgan fingerprint density at radius 3 is 2.47 bits per heavy atom. The molecule has 0 saturated carbocycles. The van der Waals surface area contributed by atoms with Gasteiger partial charge in [0.15, 0.2) is 0 Å². The SMILES string of the molecule is CC(=O)CC[C@H]1CN(S(=O)(=O)c2c(C)nn(C(F)F)c2C)c2cc(CC(=O)OC(C)(C)C)ccc2O1. The third-order valence-corrected chi connectivity index (χ3v) is 7.57. The molecule has 198 valence electrons. The number of carbonyl (C=O) groups is 2. The first-order valence-electron chi connectivity index (χ1n) is 11.5. The number of hydrogen-bond acceptors (Lipinski definition) is 7. The molecule has 0 spiro atoms. The van der Waals surface area contributed by atoms with Gasteiger partial charge < -0.3 is 14.3 Å². The highest BCUT2D eigenvalue weighted by Crippen LogP contribution is 2.40. The van der Waals surface area contributed by atoms with E-state index >= 15 is 0 Å². The number of esters is 1. The highest BCUT2D eigenvalue weighted by Gasteiger charge is 2.38. The molecule has 0 aliphatic carbocycles. The van der Waals surface area contributed by atoms with Gasteiger partial charge in [-0.15, -0.1) is 0 Å². The van der Waals surface area contributed by atoms with Crippen LogP contribution in [-0.4, -0.2) is 48.2 Å². The van der Waals surface area contributed by atoms with Gasteiger partial charge in [-0.05, 0) is 65.7 Å². The lowest BCUT2D eigenvalue weighted by molar-refractivity contribution is -0.153. The van der Waals surface area contributed by atoms with Crippen LogP contribution in [0.3, 0.4) is 0 Å². The second kappa shape index (κ2) is 10.2. The number of aryl methyl sites for hydroxylation is 1. The van der Waals surface area contributed by atoms with Crippen LogP contribution in [0.4, 0.5) is 14.5 Å². The smallest absolute Gasteiger partial charge is 0.333 e. The summed E-state index contributed by atoms with van der Waals surface area (Å²) in [6.45, 7) is 6.13. The molecule has 0 saturated heterocycles. The Bertz CT molecular complexity index is 1270. The first-order valence-corrected chi connectivity index (χ1v) is 12.9. The third-order valence-electron chi connectivity index (χ3n) is 5.53. The van der Waals surface area contributed by atoms with E-state index in [1.807, 2.05) is 0 Å². The molecular weight excluding hydrogens is 496 g/mol. The minimum Gasteiger partial charge on any atom is -0.486 e. The van der Waals surface area contributed by atoms with E-state index in [-0.39, 0.29) is 59.3 Å². The lowest BCUT2D eigenvalue weighted by Crippen LogP contribution is -2.44. The summed E-state index contributed by atoms with van der Waals surface area (Å²) in [7, 11) is -4.36. The van der Waals surface area contributed by atoms with Crippen molar-refractivity contribution in [2.75, 3.05) is 10.8 Å². The third kappa shape index (κ3) is 6.03. The maximum Gasteiger partial charge on any atom is 0.333 e. The summed E-state index contributed by atoms with van der Waals surface area (Å²) in [6, 6.07) is 4.70. The minimum absolute atomic E-state index is 0.0639. The average molecular weight is 528 g/mol. The number of halogens is 2. The minimum atomic E-state index is -4.36. The van der Waals surface area contributed by atoms with E-state index in [0.29, 0.717) is 10.2 Å². The molecule has 12 heteroatoms. The zero-order chi connectivity index (χ0) is 27.0. The molecule has 1 aromatic heterocycles. The van der Waals surface area contributed by atoms with Crippen LogP contribution in [0.25, 0.3) is 0 Å². The molecule has 1 atom stereocenters. The van der Waals surface area contributed by atoms with Gasteiger partial charge in [0.05, 0.1) is 30.0 Å². The number of fused-ring (bicyclic) bond motifs is 1. The van der Waals surface area contributed by atoms with Gasteiger partial charge in [0, 0.05) is 6.42 Å². The Hall–Kier alpha value is -3.02. The normalized spacial score (nSPS) is 16.0. The van der Waals surface area contributed by atoms with Crippen LogP contribution in [0.5, 0.6) is 5.75 Å². The van der Waals surface area contributed by atoms with Crippen LogP contribution in [0.1, 0.15) is 64.0 Å². The molecule has 1 aliphatic heterocycles.